The van der Waals surface area contributed by atoms with E-state index in [0.717, 1.165) is 27.4 Å². The Labute approximate surface area is 194 Å². The van der Waals surface area contributed by atoms with E-state index in [4.69, 9.17) is 18.9 Å². The lowest BCUT2D eigenvalue weighted by Crippen LogP contribution is -2.43. The summed E-state index contributed by atoms with van der Waals surface area (Å²) in [6, 6.07) is 5.85. The van der Waals surface area contributed by atoms with Crippen LogP contribution in [0.15, 0.2) is 65.1 Å². The van der Waals surface area contributed by atoms with Crippen LogP contribution in [-0.4, -0.2) is 53.4 Å². The van der Waals surface area contributed by atoms with Gasteiger partial charge in [-0.1, -0.05) is 24.8 Å². The van der Waals surface area contributed by atoms with Gasteiger partial charge in [0.1, 0.15) is 11.9 Å². The predicted octanol–water partition coefficient (Wildman–Crippen LogP) is 3.85. The van der Waals surface area contributed by atoms with Crippen molar-refractivity contribution < 1.29 is 23.7 Å². The van der Waals surface area contributed by atoms with Crippen molar-refractivity contribution in [1.82, 2.24) is 10.6 Å². The third-order valence-electron chi connectivity index (χ3n) is 4.98. The van der Waals surface area contributed by atoms with E-state index < -0.39 is 6.17 Å². The van der Waals surface area contributed by atoms with Crippen molar-refractivity contribution >= 4 is 23.2 Å². The molecule has 2 N–H and O–H groups in total. The molecule has 174 valence electrons. The number of allylic oxidation sites excluding steroid dienone is 1. The Morgan fingerprint density at radius 2 is 2.00 bits per heavy atom. The van der Waals surface area contributed by atoms with Gasteiger partial charge in [0.05, 0.1) is 39.3 Å². The molecule has 0 bridgehead atoms. The van der Waals surface area contributed by atoms with E-state index in [1.165, 1.54) is 7.11 Å². The number of carbonyl (C=O) groups is 1. The zero-order valence-corrected chi connectivity index (χ0v) is 20.1. The SMILES string of the molecule is C=C(OC)/C(=C\C/C(=C\COC)C1NC=C(c2cccc(OC)c2SC)CC(=O)N1)OC. The molecule has 1 unspecified atom stereocenters. The first kappa shape index (κ1) is 25.4. The highest BCUT2D eigenvalue weighted by molar-refractivity contribution is 7.98. The first-order chi connectivity index (χ1) is 15.5. The minimum Gasteiger partial charge on any atom is -0.496 e. The Balaban J connectivity index is 2.35. The molecule has 0 fully saturated rings. The molecule has 1 atom stereocenters. The lowest BCUT2D eigenvalue weighted by Gasteiger charge is -2.20. The molecule has 1 aliphatic rings. The Morgan fingerprint density at radius 1 is 1.22 bits per heavy atom. The molecular weight excluding hydrogens is 428 g/mol. The molecule has 0 saturated carbocycles. The van der Waals surface area contributed by atoms with Gasteiger partial charge in [-0.05, 0) is 41.5 Å². The van der Waals surface area contributed by atoms with E-state index in [2.05, 4.69) is 17.2 Å². The van der Waals surface area contributed by atoms with Crippen molar-refractivity contribution in [3.8, 4) is 5.75 Å². The van der Waals surface area contributed by atoms with Crippen molar-refractivity contribution in [1.29, 1.82) is 0 Å². The van der Waals surface area contributed by atoms with Gasteiger partial charge < -0.3 is 29.6 Å². The van der Waals surface area contributed by atoms with Crippen molar-refractivity contribution in [3.05, 3.63) is 65.8 Å². The van der Waals surface area contributed by atoms with Crippen LogP contribution in [-0.2, 0) is 19.0 Å². The molecule has 1 aliphatic heterocycles. The Hall–Kier alpha value is -2.84. The van der Waals surface area contributed by atoms with Crippen LogP contribution in [0.5, 0.6) is 5.75 Å². The van der Waals surface area contributed by atoms with Gasteiger partial charge in [0.25, 0.3) is 0 Å². The minimum absolute atomic E-state index is 0.0818. The van der Waals surface area contributed by atoms with Crippen LogP contribution in [0, 0.1) is 0 Å². The second-order valence-corrected chi connectivity index (χ2v) is 7.71. The Kier molecular flexibility index (Phi) is 10.2. The fourth-order valence-electron chi connectivity index (χ4n) is 3.31. The highest BCUT2D eigenvalue weighted by Crippen LogP contribution is 2.36. The summed E-state index contributed by atoms with van der Waals surface area (Å²) in [5, 5.41) is 6.40. The molecule has 0 aliphatic carbocycles. The fraction of sp³-hybridized carbons (Fsp3) is 0.375. The summed E-state index contributed by atoms with van der Waals surface area (Å²) in [6.07, 6.45) is 8.05. The Bertz CT molecular complexity index is 908. The number of carbonyl (C=O) groups excluding carboxylic acids is 1. The van der Waals surface area contributed by atoms with E-state index in [9.17, 15) is 4.79 Å². The van der Waals surface area contributed by atoms with Gasteiger partial charge in [-0.2, -0.15) is 0 Å². The number of ether oxygens (including phenoxy) is 4. The summed E-state index contributed by atoms with van der Waals surface area (Å²) in [5.74, 6) is 1.67. The van der Waals surface area contributed by atoms with Gasteiger partial charge in [0.2, 0.25) is 5.91 Å². The maximum Gasteiger partial charge on any atom is 0.226 e. The number of amides is 1. The van der Waals surface area contributed by atoms with Gasteiger partial charge in [-0.25, -0.2) is 0 Å². The number of hydrogen-bond acceptors (Lipinski definition) is 7. The number of hydrogen-bond donors (Lipinski definition) is 2. The summed E-state index contributed by atoms with van der Waals surface area (Å²) in [7, 11) is 6.37. The standard InChI is InChI=1S/C24H32N2O5S/c1-16(29-3)20(30-4)11-10-17(12-13-28-2)24-25-15-18(14-22(27)26-24)19-8-7-9-21(31-5)23(19)32-6/h7-9,11-12,15,24-25H,1,10,13-14H2,2-6H3,(H,26,27)/b17-12+,20-11+. The van der Waals surface area contributed by atoms with E-state index in [1.807, 2.05) is 42.8 Å². The highest BCUT2D eigenvalue weighted by atomic mass is 32.2. The quantitative estimate of drug-likeness (QED) is 0.225. The summed E-state index contributed by atoms with van der Waals surface area (Å²) in [4.78, 5) is 13.8. The summed E-state index contributed by atoms with van der Waals surface area (Å²) >= 11 is 1.59. The van der Waals surface area contributed by atoms with Crippen LogP contribution in [0.25, 0.3) is 5.57 Å². The first-order valence-electron chi connectivity index (χ1n) is 10.1. The third-order valence-corrected chi connectivity index (χ3v) is 5.81. The zero-order valence-electron chi connectivity index (χ0n) is 19.3. The fourth-order valence-corrected chi connectivity index (χ4v) is 4.08. The molecule has 2 rings (SSSR count). The van der Waals surface area contributed by atoms with Crippen molar-refractivity contribution in [2.24, 2.45) is 0 Å². The molecule has 7 nitrogen and oxygen atoms in total. The van der Waals surface area contributed by atoms with Crippen LogP contribution in [0.1, 0.15) is 18.4 Å². The van der Waals surface area contributed by atoms with Crippen molar-refractivity contribution in [2.75, 3.05) is 41.3 Å². The average molecular weight is 461 g/mol. The molecular formula is C24H32N2O5S. The van der Waals surface area contributed by atoms with Crippen LogP contribution in [0.4, 0.5) is 0 Å². The maximum absolute atomic E-state index is 12.8. The van der Waals surface area contributed by atoms with Crippen LogP contribution >= 0.6 is 11.8 Å². The number of methoxy groups -OCH3 is 4. The molecule has 8 heteroatoms. The highest BCUT2D eigenvalue weighted by Gasteiger charge is 2.22. The van der Waals surface area contributed by atoms with E-state index in [0.29, 0.717) is 24.5 Å². The largest absolute Gasteiger partial charge is 0.496 e. The lowest BCUT2D eigenvalue weighted by atomic mass is 10.0. The molecule has 0 spiro atoms. The smallest absolute Gasteiger partial charge is 0.226 e. The van der Waals surface area contributed by atoms with Crippen LogP contribution in [0.3, 0.4) is 0 Å². The topological polar surface area (TPSA) is 78.0 Å². The van der Waals surface area contributed by atoms with Crippen molar-refractivity contribution in [3.63, 3.8) is 0 Å². The Morgan fingerprint density at radius 3 is 2.62 bits per heavy atom. The zero-order chi connectivity index (χ0) is 23.5. The number of rotatable bonds is 11. The van der Waals surface area contributed by atoms with Gasteiger partial charge in [-0.15, -0.1) is 11.8 Å². The van der Waals surface area contributed by atoms with Crippen molar-refractivity contribution in [2.45, 2.75) is 23.9 Å². The van der Waals surface area contributed by atoms with Gasteiger partial charge >= 0.3 is 0 Å². The predicted molar refractivity (Wildman–Crippen MR) is 128 cm³/mol. The van der Waals surface area contributed by atoms with Gasteiger partial charge in [0, 0.05) is 13.3 Å². The number of thioether (sulfide) groups is 1. The van der Waals surface area contributed by atoms with Gasteiger partial charge in [-0.3, -0.25) is 4.79 Å². The third kappa shape index (κ3) is 6.58. The molecule has 1 aromatic carbocycles. The average Bonchev–Trinajstić information content (AvgIpc) is 3.01. The summed E-state index contributed by atoms with van der Waals surface area (Å²) in [5.41, 5.74) is 2.78. The normalized spacial score (nSPS) is 17.0. The van der Waals surface area contributed by atoms with E-state index in [-0.39, 0.29) is 12.3 Å². The first-order valence-corrected chi connectivity index (χ1v) is 11.3. The maximum atomic E-state index is 12.8. The molecule has 0 aromatic heterocycles. The molecule has 0 radical (unpaired) electrons. The molecule has 1 aromatic rings. The molecule has 1 heterocycles. The van der Waals surface area contributed by atoms with Crippen LogP contribution in [0.2, 0.25) is 0 Å². The number of nitrogens with one attached hydrogen (secondary N) is 2. The monoisotopic (exact) mass is 460 g/mol. The van der Waals surface area contributed by atoms with Crippen LogP contribution < -0.4 is 15.4 Å². The van der Waals surface area contributed by atoms with E-state index >= 15 is 0 Å². The van der Waals surface area contributed by atoms with Gasteiger partial charge in [0.15, 0.2) is 11.5 Å². The number of benzene rings is 1. The second-order valence-electron chi connectivity index (χ2n) is 6.89. The minimum atomic E-state index is -0.399. The molecule has 0 saturated heterocycles. The van der Waals surface area contributed by atoms with E-state index in [1.54, 1.807) is 33.1 Å². The lowest BCUT2D eigenvalue weighted by molar-refractivity contribution is -0.120. The summed E-state index contributed by atoms with van der Waals surface area (Å²) < 4.78 is 21.2. The molecule has 32 heavy (non-hydrogen) atoms. The summed E-state index contributed by atoms with van der Waals surface area (Å²) in [6.45, 7) is 4.24. The second kappa shape index (κ2) is 12.9. The molecule has 1 amide bonds.